The van der Waals surface area contributed by atoms with Gasteiger partial charge >= 0.3 is 0 Å². The van der Waals surface area contributed by atoms with E-state index in [1.165, 1.54) is 36.8 Å². The van der Waals surface area contributed by atoms with Crippen LogP contribution in [0, 0.1) is 17.8 Å². The number of hydrogen-bond acceptors (Lipinski definition) is 5. The summed E-state index contributed by atoms with van der Waals surface area (Å²) in [7, 11) is 3.34. The van der Waals surface area contributed by atoms with Crippen LogP contribution >= 0.6 is 0 Å². The summed E-state index contributed by atoms with van der Waals surface area (Å²) in [4.78, 5) is 2.31. The van der Waals surface area contributed by atoms with Gasteiger partial charge in [0, 0.05) is 26.2 Å². The van der Waals surface area contributed by atoms with Crippen LogP contribution in [-0.2, 0) is 17.7 Å². The van der Waals surface area contributed by atoms with Crippen LogP contribution in [0.3, 0.4) is 0 Å². The third-order valence-corrected chi connectivity index (χ3v) is 6.79. The topological polar surface area (TPSA) is 51.2 Å². The molecule has 1 aromatic carbocycles. The lowest BCUT2D eigenvalue weighted by atomic mass is 9.90. The van der Waals surface area contributed by atoms with Crippen molar-refractivity contribution in [1.29, 1.82) is 0 Å². The number of hydrogen-bond donors (Lipinski definition) is 1. The van der Waals surface area contributed by atoms with Crippen molar-refractivity contribution in [3.63, 3.8) is 0 Å². The van der Waals surface area contributed by atoms with E-state index in [1.807, 2.05) is 0 Å². The summed E-state index contributed by atoms with van der Waals surface area (Å²) in [5, 5.41) is 10.4. The van der Waals surface area contributed by atoms with Crippen LogP contribution in [0.2, 0.25) is 0 Å². The Morgan fingerprint density at radius 2 is 1.89 bits per heavy atom. The van der Waals surface area contributed by atoms with Gasteiger partial charge in [0.1, 0.15) is 0 Å². The lowest BCUT2D eigenvalue weighted by molar-refractivity contribution is -0.00388. The Balaban J connectivity index is 1.24. The van der Waals surface area contributed by atoms with Crippen molar-refractivity contribution >= 4 is 0 Å². The molecule has 2 saturated carbocycles. The first-order valence-corrected chi connectivity index (χ1v) is 10.4. The van der Waals surface area contributed by atoms with Gasteiger partial charge in [-0.1, -0.05) is 6.42 Å². The summed E-state index contributed by atoms with van der Waals surface area (Å²) in [6, 6.07) is 4.15. The first-order valence-electron chi connectivity index (χ1n) is 10.4. The summed E-state index contributed by atoms with van der Waals surface area (Å²) in [6.07, 6.45) is 6.12. The minimum Gasteiger partial charge on any atom is -0.493 e. The molecule has 0 saturated heterocycles. The highest BCUT2D eigenvalue weighted by Crippen LogP contribution is 2.48. The molecule has 0 aromatic heterocycles. The second-order valence-corrected chi connectivity index (χ2v) is 8.59. The van der Waals surface area contributed by atoms with Crippen molar-refractivity contribution in [2.75, 3.05) is 40.5 Å². The van der Waals surface area contributed by atoms with Gasteiger partial charge in [-0.05, 0) is 66.7 Å². The molecule has 0 radical (unpaired) electrons. The standard InChI is InChI=1S/C22H33NO4/c1-25-21-9-17-5-6-23(11-18(17)10-22(21)26-2)12-20(24)14-27-13-19-8-15-3-4-16(19)7-15/h9-10,15-16,19-20,24H,3-8,11-14H2,1-2H3/t15-,16-,19+,20-/m0/s1. The van der Waals surface area contributed by atoms with Crippen LogP contribution < -0.4 is 9.47 Å². The van der Waals surface area contributed by atoms with Crippen molar-refractivity contribution in [3.8, 4) is 11.5 Å². The zero-order valence-corrected chi connectivity index (χ0v) is 16.7. The van der Waals surface area contributed by atoms with Crippen LogP contribution in [0.4, 0.5) is 0 Å². The molecule has 2 bridgehead atoms. The van der Waals surface area contributed by atoms with E-state index >= 15 is 0 Å². The zero-order chi connectivity index (χ0) is 18.8. The number of β-amino-alcohol motifs (C(OH)–C–C–N with tert-alkyl or cyclic N) is 1. The fraction of sp³-hybridized carbons (Fsp3) is 0.727. The molecular formula is C22H33NO4. The second-order valence-electron chi connectivity index (χ2n) is 8.59. The summed E-state index contributed by atoms with van der Waals surface area (Å²) in [5.41, 5.74) is 2.57. The van der Waals surface area contributed by atoms with Crippen LogP contribution in [0.25, 0.3) is 0 Å². The van der Waals surface area contributed by atoms with Crippen molar-refractivity contribution in [2.24, 2.45) is 17.8 Å². The van der Waals surface area contributed by atoms with E-state index in [0.29, 0.717) is 13.2 Å². The molecule has 0 spiro atoms. The predicted molar refractivity (Wildman–Crippen MR) is 104 cm³/mol. The summed E-state index contributed by atoms with van der Waals surface area (Å²) < 4.78 is 16.7. The Morgan fingerprint density at radius 3 is 2.56 bits per heavy atom. The SMILES string of the molecule is COc1cc2c(cc1OC)CN(C[C@H](O)COC[C@H]1C[C@H]3CC[C@H]1C3)CC2. The van der Waals surface area contributed by atoms with Gasteiger partial charge in [-0.2, -0.15) is 0 Å². The molecule has 5 heteroatoms. The van der Waals surface area contributed by atoms with Gasteiger partial charge < -0.3 is 19.3 Å². The van der Waals surface area contributed by atoms with Gasteiger partial charge in [-0.25, -0.2) is 0 Å². The molecule has 2 aliphatic carbocycles. The normalized spacial score (nSPS) is 28.2. The number of benzene rings is 1. The van der Waals surface area contributed by atoms with Crippen LogP contribution in [0.1, 0.15) is 36.8 Å². The fourth-order valence-corrected chi connectivity index (χ4v) is 5.38. The highest BCUT2D eigenvalue weighted by Gasteiger charge is 2.39. The molecule has 1 aliphatic heterocycles. The highest BCUT2D eigenvalue weighted by molar-refractivity contribution is 5.48. The van der Waals surface area contributed by atoms with E-state index in [0.717, 1.165) is 55.4 Å². The molecule has 5 nitrogen and oxygen atoms in total. The highest BCUT2D eigenvalue weighted by atomic mass is 16.5. The molecule has 1 aromatic rings. The second kappa shape index (κ2) is 8.38. The molecular weight excluding hydrogens is 342 g/mol. The van der Waals surface area contributed by atoms with E-state index in [1.54, 1.807) is 14.2 Å². The molecule has 27 heavy (non-hydrogen) atoms. The molecule has 0 amide bonds. The Kier molecular flexibility index (Phi) is 5.90. The van der Waals surface area contributed by atoms with Gasteiger partial charge in [-0.3, -0.25) is 4.90 Å². The maximum atomic E-state index is 10.4. The van der Waals surface area contributed by atoms with E-state index < -0.39 is 6.10 Å². The lowest BCUT2D eigenvalue weighted by Crippen LogP contribution is -2.38. The minimum atomic E-state index is -0.426. The van der Waals surface area contributed by atoms with E-state index in [-0.39, 0.29) is 0 Å². The summed E-state index contributed by atoms with van der Waals surface area (Å²) >= 11 is 0. The Labute approximate surface area is 162 Å². The van der Waals surface area contributed by atoms with Gasteiger partial charge in [0.15, 0.2) is 11.5 Å². The number of fused-ring (bicyclic) bond motifs is 3. The summed E-state index contributed by atoms with van der Waals surface area (Å²) in [6.45, 7) is 3.72. The van der Waals surface area contributed by atoms with Crippen LogP contribution in [0.15, 0.2) is 12.1 Å². The first kappa shape index (κ1) is 19.0. The number of methoxy groups -OCH3 is 2. The first-order chi connectivity index (χ1) is 13.2. The number of aliphatic hydroxyl groups is 1. The summed E-state index contributed by atoms with van der Waals surface area (Å²) in [5.74, 6) is 4.14. The molecule has 1 N–H and O–H groups in total. The van der Waals surface area contributed by atoms with Crippen LogP contribution in [-0.4, -0.2) is 56.6 Å². The average molecular weight is 376 g/mol. The van der Waals surface area contributed by atoms with Gasteiger partial charge in [0.25, 0.3) is 0 Å². The Hall–Kier alpha value is -1.30. The third kappa shape index (κ3) is 4.25. The number of aliphatic hydroxyl groups excluding tert-OH is 1. The van der Waals surface area contributed by atoms with Crippen molar-refractivity contribution in [2.45, 2.75) is 44.8 Å². The van der Waals surface area contributed by atoms with Gasteiger partial charge in [0.05, 0.1) is 26.9 Å². The molecule has 2 fully saturated rings. The van der Waals surface area contributed by atoms with E-state index in [9.17, 15) is 5.11 Å². The van der Waals surface area contributed by atoms with E-state index in [2.05, 4.69) is 17.0 Å². The largest absolute Gasteiger partial charge is 0.493 e. The molecule has 1 heterocycles. The molecule has 4 rings (SSSR count). The third-order valence-electron chi connectivity index (χ3n) is 6.79. The Bertz CT molecular complexity index is 649. The van der Waals surface area contributed by atoms with E-state index in [4.69, 9.17) is 14.2 Å². The average Bonchev–Trinajstić information content (AvgIpc) is 3.30. The lowest BCUT2D eigenvalue weighted by Gasteiger charge is -2.31. The van der Waals surface area contributed by atoms with Gasteiger partial charge in [0.2, 0.25) is 0 Å². The van der Waals surface area contributed by atoms with Crippen LogP contribution in [0.5, 0.6) is 11.5 Å². The van der Waals surface area contributed by atoms with Crippen molar-refractivity contribution < 1.29 is 19.3 Å². The van der Waals surface area contributed by atoms with Crippen molar-refractivity contribution in [3.05, 3.63) is 23.3 Å². The number of rotatable bonds is 8. The monoisotopic (exact) mass is 375 g/mol. The maximum Gasteiger partial charge on any atom is 0.161 e. The fourth-order valence-electron chi connectivity index (χ4n) is 5.38. The smallest absolute Gasteiger partial charge is 0.161 e. The Morgan fingerprint density at radius 1 is 1.11 bits per heavy atom. The minimum absolute atomic E-state index is 0.426. The quantitative estimate of drug-likeness (QED) is 0.757. The van der Waals surface area contributed by atoms with Gasteiger partial charge in [-0.15, -0.1) is 0 Å². The number of ether oxygens (including phenoxy) is 3. The molecule has 150 valence electrons. The molecule has 0 unspecified atom stereocenters. The molecule has 3 aliphatic rings. The maximum absolute atomic E-state index is 10.4. The zero-order valence-electron chi connectivity index (χ0n) is 16.7. The number of nitrogens with zero attached hydrogens (tertiary/aromatic N) is 1. The molecule has 4 atom stereocenters. The van der Waals surface area contributed by atoms with Crippen molar-refractivity contribution in [1.82, 2.24) is 4.90 Å². The predicted octanol–water partition coefficient (Wildman–Crippen LogP) is 2.88.